The van der Waals surface area contributed by atoms with Crippen molar-refractivity contribution in [1.29, 1.82) is 0 Å². The standard InChI is InChI=1S/C16H11Cl3N4O3S2/c1-8(24)20-10-4-2-9(3-5-10)15-21-16(27-22-15)23-28(25,26)14-7-12(18)11(17)6-13(14)19/h2-7H,1H3,(H,20,24)(H,21,22,23). The third-order valence-electron chi connectivity index (χ3n) is 3.38. The summed E-state index contributed by atoms with van der Waals surface area (Å²) >= 11 is 18.6. The van der Waals surface area contributed by atoms with Crippen LogP contribution in [0.2, 0.25) is 15.1 Å². The lowest BCUT2D eigenvalue weighted by Gasteiger charge is -2.08. The Morgan fingerprint density at radius 3 is 2.32 bits per heavy atom. The van der Waals surface area contributed by atoms with Crippen molar-refractivity contribution >= 4 is 73.1 Å². The summed E-state index contributed by atoms with van der Waals surface area (Å²) in [4.78, 5) is 15.0. The van der Waals surface area contributed by atoms with Crippen LogP contribution < -0.4 is 10.0 Å². The highest BCUT2D eigenvalue weighted by Gasteiger charge is 2.22. The van der Waals surface area contributed by atoms with Crippen molar-refractivity contribution in [3.8, 4) is 11.4 Å². The van der Waals surface area contributed by atoms with E-state index in [-0.39, 0.29) is 31.0 Å². The second kappa shape index (κ2) is 8.22. The molecule has 0 fully saturated rings. The van der Waals surface area contributed by atoms with Gasteiger partial charge >= 0.3 is 0 Å². The zero-order valence-electron chi connectivity index (χ0n) is 14.0. The van der Waals surface area contributed by atoms with Gasteiger partial charge in [-0.25, -0.2) is 8.42 Å². The number of nitrogens with zero attached hydrogens (tertiary/aromatic N) is 2. The molecule has 0 aliphatic heterocycles. The maximum absolute atomic E-state index is 12.6. The summed E-state index contributed by atoms with van der Waals surface area (Å²) in [7, 11) is -4.04. The second-order valence-electron chi connectivity index (χ2n) is 5.48. The average Bonchev–Trinajstić information content (AvgIpc) is 3.06. The summed E-state index contributed by atoms with van der Waals surface area (Å²) < 4.78 is 31.6. The number of carbonyl (C=O) groups excluding carboxylic acids is 1. The van der Waals surface area contributed by atoms with E-state index < -0.39 is 10.0 Å². The van der Waals surface area contributed by atoms with Gasteiger partial charge < -0.3 is 5.32 Å². The van der Waals surface area contributed by atoms with Crippen LogP contribution in [0.1, 0.15) is 6.92 Å². The first-order valence-electron chi connectivity index (χ1n) is 7.55. The highest BCUT2D eigenvalue weighted by Crippen LogP contribution is 2.33. The van der Waals surface area contributed by atoms with Gasteiger partial charge in [0.2, 0.25) is 11.0 Å². The number of sulfonamides is 1. The fourth-order valence-corrected chi connectivity index (χ4v) is 4.98. The predicted octanol–water partition coefficient (Wildman–Crippen LogP) is 4.92. The molecule has 12 heteroatoms. The average molecular weight is 478 g/mol. The first-order valence-corrected chi connectivity index (χ1v) is 10.9. The van der Waals surface area contributed by atoms with Crippen molar-refractivity contribution in [2.24, 2.45) is 0 Å². The van der Waals surface area contributed by atoms with Gasteiger partial charge in [0.05, 0.1) is 15.1 Å². The summed E-state index contributed by atoms with van der Waals surface area (Å²) in [5.74, 6) is 0.148. The molecule has 2 aromatic carbocycles. The van der Waals surface area contributed by atoms with E-state index >= 15 is 0 Å². The van der Waals surface area contributed by atoms with Crippen molar-refractivity contribution in [3.05, 3.63) is 51.5 Å². The van der Waals surface area contributed by atoms with Crippen LogP contribution in [0, 0.1) is 0 Å². The van der Waals surface area contributed by atoms with Gasteiger partial charge in [0.25, 0.3) is 10.0 Å². The molecule has 0 unspecified atom stereocenters. The van der Waals surface area contributed by atoms with Crippen LogP contribution in [-0.4, -0.2) is 23.7 Å². The number of anilines is 2. The Labute approximate surface area is 179 Å². The zero-order valence-corrected chi connectivity index (χ0v) is 17.9. The number of hydrogen-bond acceptors (Lipinski definition) is 6. The Kier molecular flexibility index (Phi) is 6.11. The van der Waals surface area contributed by atoms with Crippen LogP contribution >= 0.6 is 46.3 Å². The van der Waals surface area contributed by atoms with Crippen molar-refractivity contribution < 1.29 is 13.2 Å². The quantitative estimate of drug-likeness (QED) is 0.508. The maximum Gasteiger partial charge on any atom is 0.265 e. The number of halogens is 3. The Hall–Kier alpha value is -1.91. The summed E-state index contributed by atoms with van der Waals surface area (Å²) in [6.45, 7) is 1.41. The Morgan fingerprint density at radius 2 is 1.68 bits per heavy atom. The molecule has 0 bridgehead atoms. The molecule has 3 aromatic rings. The van der Waals surface area contributed by atoms with E-state index in [1.54, 1.807) is 24.3 Å². The van der Waals surface area contributed by atoms with Gasteiger partial charge in [-0.3, -0.25) is 9.52 Å². The molecule has 0 atom stereocenters. The van der Waals surface area contributed by atoms with E-state index in [4.69, 9.17) is 34.8 Å². The molecular weight excluding hydrogens is 467 g/mol. The molecule has 0 aliphatic carbocycles. The topological polar surface area (TPSA) is 101 Å². The number of carbonyl (C=O) groups is 1. The van der Waals surface area contributed by atoms with E-state index in [0.717, 1.165) is 17.6 Å². The largest absolute Gasteiger partial charge is 0.326 e. The molecule has 0 aliphatic rings. The molecule has 1 heterocycles. The lowest BCUT2D eigenvalue weighted by Crippen LogP contribution is -2.13. The first kappa shape index (κ1) is 20.8. The lowest BCUT2D eigenvalue weighted by molar-refractivity contribution is -0.114. The fourth-order valence-electron chi connectivity index (χ4n) is 2.17. The van der Waals surface area contributed by atoms with Crippen LogP contribution in [0.25, 0.3) is 11.4 Å². The van der Waals surface area contributed by atoms with Gasteiger partial charge in [0.1, 0.15) is 4.90 Å². The highest BCUT2D eigenvalue weighted by molar-refractivity contribution is 7.93. The Balaban J connectivity index is 1.82. The van der Waals surface area contributed by atoms with Gasteiger partial charge in [-0.15, -0.1) is 0 Å². The smallest absolute Gasteiger partial charge is 0.265 e. The van der Waals surface area contributed by atoms with Crippen LogP contribution in [-0.2, 0) is 14.8 Å². The van der Waals surface area contributed by atoms with E-state index in [1.807, 2.05) is 0 Å². The Bertz CT molecular complexity index is 1150. The molecular formula is C16H11Cl3N4O3S2. The van der Waals surface area contributed by atoms with Gasteiger partial charge in [0, 0.05) is 29.7 Å². The summed E-state index contributed by atoms with van der Waals surface area (Å²) in [6.07, 6.45) is 0. The second-order valence-corrected chi connectivity index (χ2v) is 9.11. The number of hydrogen-bond donors (Lipinski definition) is 2. The fraction of sp³-hybridized carbons (Fsp3) is 0.0625. The molecule has 3 rings (SSSR count). The molecule has 0 saturated heterocycles. The van der Waals surface area contributed by atoms with E-state index in [9.17, 15) is 13.2 Å². The molecule has 0 saturated carbocycles. The summed E-state index contributed by atoms with van der Waals surface area (Å²) in [5.41, 5.74) is 1.28. The minimum absolute atomic E-state index is 0.0584. The molecule has 146 valence electrons. The monoisotopic (exact) mass is 476 g/mol. The van der Waals surface area contributed by atoms with Crippen molar-refractivity contribution in [2.45, 2.75) is 11.8 Å². The van der Waals surface area contributed by atoms with Gasteiger partial charge in [0.15, 0.2) is 5.82 Å². The SMILES string of the molecule is CC(=O)Nc1ccc(-c2nsc(NS(=O)(=O)c3cc(Cl)c(Cl)cc3Cl)n2)cc1. The predicted molar refractivity (Wildman–Crippen MR) is 112 cm³/mol. The first-order chi connectivity index (χ1) is 13.2. The van der Waals surface area contributed by atoms with E-state index in [2.05, 4.69) is 19.4 Å². The molecule has 7 nitrogen and oxygen atoms in total. The van der Waals surface area contributed by atoms with Crippen LogP contribution in [0.15, 0.2) is 41.3 Å². The molecule has 28 heavy (non-hydrogen) atoms. The van der Waals surface area contributed by atoms with Crippen molar-refractivity contribution in [2.75, 3.05) is 10.0 Å². The lowest BCUT2D eigenvalue weighted by atomic mass is 10.2. The molecule has 1 aromatic heterocycles. The number of rotatable bonds is 5. The zero-order chi connectivity index (χ0) is 20.5. The minimum Gasteiger partial charge on any atom is -0.326 e. The van der Waals surface area contributed by atoms with E-state index in [0.29, 0.717) is 17.1 Å². The molecule has 2 N–H and O–H groups in total. The summed E-state index contributed by atoms with van der Waals surface area (Å²) in [6, 6.07) is 9.22. The minimum atomic E-state index is -4.04. The maximum atomic E-state index is 12.6. The van der Waals surface area contributed by atoms with Gasteiger partial charge in [-0.05, 0) is 36.4 Å². The number of aromatic nitrogens is 2. The normalized spacial score (nSPS) is 11.3. The van der Waals surface area contributed by atoms with Crippen LogP contribution in [0.3, 0.4) is 0 Å². The third kappa shape index (κ3) is 4.73. The molecule has 0 spiro atoms. The summed E-state index contributed by atoms with van der Waals surface area (Å²) in [5, 5.41) is 2.84. The highest BCUT2D eigenvalue weighted by atomic mass is 35.5. The van der Waals surface area contributed by atoms with Gasteiger partial charge in [-0.1, -0.05) is 34.8 Å². The molecule has 0 radical (unpaired) electrons. The van der Waals surface area contributed by atoms with Crippen molar-refractivity contribution in [3.63, 3.8) is 0 Å². The van der Waals surface area contributed by atoms with Gasteiger partial charge in [-0.2, -0.15) is 9.36 Å². The van der Waals surface area contributed by atoms with E-state index in [1.165, 1.54) is 13.0 Å². The van der Waals surface area contributed by atoms with Crippen molar-refractivity contribution in [1.82, 2.24) is 9.36 Å². The number of benzene rings is 2. The van der Waals surface area contributed by atoms with Crippen LogP contribution in [0.5, 0.6) is 0 Å². The Morgan fingerprint density at radius 1 is 1.04 bits per heavy atom. The number of amides is 1. The number of nitrogens with one attached hydrogen (secondary N) is 2. The van der Waals surface area contributed by atoms with Crippen LogP contribution in [0.4, 0.5) is 10.8 Å². The third-order valence-corrected chi connectivity index (χ3v) is 6.66. The molecule has 1 amide bonds.